The molecule has 0 spiro atoms. The second kappa shape index (κ2) is 4.51. The summed E-state index contributed by atoms with van der Waals surface area (Å²) in [4.78, 5) is 8.34. The van der Waals surface area contributed by atoms with Crippen molar-refractivity contribution in [3.05, 3.63) is 53.8 Å². The Morgan fingerprint density at radius 1 is 1.18 bits per heavy atom. The number of hydrogen-bond donors (Lipinski definition) is 1. The molecular weight excluding hydrogens is 230 g/mol. The van der Waals surface area contributed by atoms with Gasteiger partial charge in [-0.05, 0) is 17.0 Å². The van der Waals surface area contributed by atoms with Crippen LogP contribution >= 0.6 is 11.3 Å². The van der Waals surface area contributed by atoms with E-state index in [0.29, 0.717) is 0 Å². The van der Waals surface area contributed by atoms with Crippen molar-refractivity contribution in [1.29, 1.82) is 0 Å². The fourth-order valence-corrected chi connectivity index (χ4v) is 2.35. The fraction of sp³-hybridized carbons (Fsp3) is 0.0769. The van der Waals surface area contributed by atoms with Gasteiger partial charge in [0, 0.05) is 35.9 Å². The number of pyridine rings is 1. The number of thiazole rings is 1. The summed E-state index contributed by atoms with van der Waals surface area (Å²) in [6, 6.07) is 8.31. The maximum atomic E-state index is 4.21. The van der Waals surface area contributed by atoms with Crippen LogP contribution in [0.5, 0.6) is 0 Å². The summed E-state index contributed by atoms with van der Waals surface area (Å²) in [5.74, 6) is 0. The third kappa shape index (κ3) is 2.12. The predicted molar refractivity (Wildman–Crippen MR) is 71.2 cm³/mol. The Bertz CT molecular complexity index is 614. The van der Waals surface area contributed by atoms with E-state index in [0.717, 1.165) is 11.7 Å². The van der Waals surface area contributed by atoms with E-state index in [4.69, 9.17) is 0 Å². The molecule has 84 valence electrons. The SMILES string of the molecule is c1cc(CNc2nccs2)c2ccncc2c1. The first kappa shape index (κ1) is 10.2. The summed E-state index contributed by atoms with van der Waals surface area (Å²) in [6.07, 6.45) is 5.53. The van der Waals surface area contributed by atoms with Crippen LogP contribution in [-0.2, 0) is 6.54 Å². The summed E-state index contributed by atoms with van der Waals surface area (Å²) >= 11 is 1.61. The average molecular weight is 241 g/mol. The number of benzene rings is 1. The van der Waals surface area contributed by atoms with Crippen LogP contribution in [0.15, 0.2) is 48.2 Å². The van der Waals surface area contributed by atoms with Gasteiger partial charge in [0.25, 0.3) is 0 Å². The summed E-state index contributed by atoms with van der Waals surface area (Å²) < 4.78 is 0. The third-order valence-electron chi connectivity index (χ3n) is 2.63. The van der Waals surface area contributed by atoms with Crippen LogP contribution in [0.25, 0.3) is 10.8 Å². The minimum atomic E-state index is 0.787. The normalized spacial score (nSPS) is 10.6. The summed E-state index contributed by atoms with van der Waals surface area (Å²) in [7, 11) is 0. The molecule has 3 aromatic rings. The van der Waals surface area contributed by atoms with Gasteiger partial charge in [0.15, 0.2) is 5.13 Å². The lowest BCUT2D eigenvalue weighted by molar-refractivity contribution is 1.15. The molecule has 0 fully saturated rings. The Labute approximate surface area is 103 Å². The molecule has 4 heteroatoms. The van der Waals surface area contributed by atoms with Crippen molar-refractivity contribution in [2.45, 2.75) is 6.54 Å². The molecule has 0 amide bonds. The average Bonchev–Trinajstić information content (AvgIpc) is 2.89. The van der Waals surface area contributed by atoms with Crippen LogP contribution in [0.4, 0.5) is 5.13 Å². The number of aromatic nitrogens is 2. The number of fused-ring (bicyclic) bond motifs is 1. The van der Waals surface area contributed by atoms with Gasteiger partial charge in [-0.3, -0.25) is 4.98 Å². The van der Waals surface area contributed by atoms with Gasteiger partial charge in [-0.1, -0.05) is 18.2 Å². The van der Waals surface area contributed by atoms with Gasteiger partial charge >= 0.3 is 0 Å². The van der Waals surface area contributed by atoms with Crippen molar-refractivity contribution in [2.24, 2.45) is 0 Å². The van der Waals surface area contributed by atoms with Crippen molar-refractivity contribution >= 4 is 27.2 Å². The highest BCUT2D eigenvalue weighted by Gasteiger charge is 2.01. The molecule has 0 bridgehead atoms. The maximum absolute atomic E-state index is 4.21. The predicted octanol–water partition coefficient (Wildman–Crippen LogP) is 3.30. The van der Waals surface area contributed by atoms with Gasteiger partial charge in [-0.2, -0.15) is 0 Å². The van der Waals surface area contributed by atoms with Crippen molar-refractivity contribution in [2.75, 3.05) is 5.32 Å². The van der Waals surface area contributed by atoms with Crippen molar-refractivity contribution in [1.82, 2.24) is 9.97 Å². The first-order valence-electron chi connectivity index (χ1n) is 5.38. The lowest BCUT2D eigenvalue weighted by Gasteiger charge is -2.06. The fourth-order valence-electron chi connectivity index (χ4n) is 1.83. The van der Waals surface area contributed by atoms with E-state index in [1.165, 1.54) is 16.3 Å². The van der Waals surface area contributed by atoms with E-state index in [1.807, 2.05) is 23.8 Å². The quantitative estimate of drug-likeness (QED) is 0.764. The molecule has 1 N–H and O–H groups in total. The molecule has 0 saturated carbocycles. The second-order valence-corrected chi connectivity index (χ2v) is 4.60. The Morgan fingerprint density at radius 3 is 3.06 bits per heavy atom. The lowest BCUT2D eigenvalue weighted by Crippen LogP contribution is -1.99. The van der Waals surface area contributed by atoms with Crippen LogP contribution in [0, 0.1) is 0 Å². The third-order valence-corrected chi connectivity index (χ3v) is 3.36. The number of rotatable bonds is 3. The van der Waals surface area contributed by atoms with Crippen LogP contribution < -0.4 is 5.32 Å². The minimum absolute atomic E-state index is 0.787. The maximum Gasteiger partial charge on any atom is 0.182 e. The molecule has 0 aliphatic heterocycles. The van der Waals surface area contributed by atoms with Gasteiger partial charge in [-0.25, -0.2) is 4.98 Å². The van der Waals surface area contributed by atoms with Crippen LogP contribution in [-0.4, -0.2) is 9.97 Å². The van der Waals surface area contributed by atoms with Gasteiger partial charge in [-0.15, -0.1) is 11.3 Å². The van der Waals surface area contributed by atoms with Crippen molar-refractivity contribution in [3.8, 4) is 0 Å². The molecule has 0 aliphatic rings. The van der Waals surface area contributed by atoms with E-state index in [-0.39, 0.29) is 0 Å². The first-order valence-corrected chi connectivity index (χ1v) is 6.26. The molecule has 0 atom stereocenters. The number of nitrogens with zero attached hydrogens (tertiary/aromatic N) is 2. The van der Waals surface area contributed by atoms with Crippen LogP contribution in [0.1, 0.15) is 5.56 Å². The smallest absolute Gasteiger partial charge is 0.182 e. The van der Waals surface area contributed by atoms with Crippen LogP contribution in [0.2, 0.25) is 0 Å². The summed E-state index contributed by atoms with van der Waals surface area (Å²) in [5.41, 5.74) is 1.26. The second-order valence-electron chi connectivity index (χ2n) is 3.70. The highest BCUT2D eigenvalue weighted by molar-refractivity contribution is 7.13. The van der Waals surface area contributed by atoms with Crippen molar-refractivity contribution < 1.29 is 0 Å². The molecule has 17 heavy (non-hydrogen) atoms. The Morgan fingerprint density at radius 2 is 2.18 bits per heavy atom. The zero-order chi connectivity index (χ0) is 11.5. The molecule has 0 saturated heterocycles. The molecule has 2 heterocycles. The summed E-state index contributed by atoms with van der Waals surface area (Å²) in [6.45, 7) is 0.787. The highest BCUT2D eigenvalue weighted by atomic mass is 32.1. The Kier molecular flexibility index (Phi) is 2.71. The molecule has 1 aromatic carbocycles. The Balaban J connectivity index is 1.90. The molecule has 0 aliphatic carbocycles. The van der Waals surface area contributed by atoms with E-state index < -0.39 is 0 Å². The highest BCUT2D eigenvalue weighted by Crippen LogP contribution is 2.19. The van der Waals surface area contributed by atoms with Gasteiger partial charge in [0.2, 0.25) is 0 Å². The first-order chi connectivity index (χ1) is 8.43. The van der Waals surface area contributed by atoms with E-state index in [9.17, 15) is 0 Å². The number of anilines is 1. The largest absolute Gasteiger partial charge is 0.357 e. The number of nitrogens with one attached hydrogen (secondary N) is 1. The van der Waals surface area contributed by atoms with Gasteiger partial charge in [0.05, 0.1) is 0 Å². The Hall–Kier alpha value is -1.94. The zero-order valence-electron chi connectivity index (χ0n) is 9.13. The molecule has 2 aromatic heterocycles. The van der Waals surface area contributed by atoms with Crippen LogP contribution in [0.3, 0.4) is 0 Å². The van der Waals surface area contributed by atoms with Gasteiger partial charge < -0.3 is 5.32 Å². The summed E-state index contributed by atoms with van der Waals surface area (Å²) in [5, 5.41) is 8.66. The monoisotopic (exact) mass is 241 g/mol. The minimum Gasteiger partial charge on any atom is -0.357 e. The van der Waals surface area contributed by atoms with E-state index >= 15 is 0 Å². The molecular formula is C13H11N3S. The zero-order valence-corrected chi connectivity index (χ0v) is 9.95. The standard InChI is InChI=1S/C13H11N3S/c1-2-10-8-14-5-4-12(10)11(3-1)9-16-13-15-6-7-17-13/h1-8H,9H2,(H,15,16). The van der Waals surface area contributed by atoms with E-state index in [2.05, 4.69) is 33.5 Å². The number of hydrogen-bond acceptors (Lipinski definition) is 4. The van der Waals surface area contributed by atoms with E-state index in [1.54, 1.807) is 17.5 Å². The van der Waals surface area contributed by atoms with Crippen molar-refractivity contribution in [3.63, 3.8) is 0 Å². The topological polar surface area (TPSA) is 37.8 Å². The van der Waals surface area contributed by atoms with Gasteiger partial charge in [0.1, 0.15) is 0 Å². The lowest BCUT2D eigenvalue weighted by atomic mass is 10.1. The molecule has 0 radical (unpaired) electrons. The molecule has 3 nitrogen and oxygen atoms in total. The molecule has 0 unspecified atom stereocenters. The molecule has 3 rings (SSSR count).